The number of carbonyl (C=O) groups is 5. The third-order valence-corrected chi connectivity index (χ3v) is 16.5. The summed E-state index contributed by atoms with van der Waals surface area (Å²) in [5.74, 6) is -1.53. The number of unbranched alkanes of at least 4 members (excludes halogenated alkanes) is 3. The number of hydrogen-bond acceptors (Lipinski definition) is 18. The maximum atomic E-state index is 14.1. The Morgan fingerprint density at radius 2 is 0.633 bits per heavy atom. The first kappa shape index (κ1) is 76.4. The number of amides is 5. The molecule has 8 aromatic rings. The van der Waals surface area contributed by atoms with Crippen molar-refractivity contribution in [1.29, 1.82) is 0 Å². The zero-order valence-electron chi connectivity index (χ0n) is 56.6. The van der Waals surface area contributed by atoms with E-state index in [-0.39, 0.29) is 82.1 Å². The predicted octanol–water partition coefficient (Wildman–Crippen LogP) is 6.84. The molecule has 23 heteroatoms. The molecule has 0 saturated carbocycles. The topological polar surface area (TPSA) is 296 Å². The summed E-state index contributed by atoms with van der Waals surface area (Å²) in [5, 5.41) is 25.6. The molecule has 5 amide bonds. The molecule has 8 aromatic carbocycles. The van der Waals surface area contributed by atoms with Crippen LogP contribution in [0.5, 0.6) is 0 Å². The average Bonchev–Trinajstić information content (AvgIpc) is 0.751. The molecule has 0 heterocycles. The zero-order valence-corrected chi connectivity index (χ0v) is 56.6. The molecule has 8 N–H and O–H groups in total. The molecule has 0 radical (unpaired) electrons. The van der Waals surface area contributed by atoms with Crippen LogP contribution >= 0.6 is 0 Å². The van der Waals surface area contributed by atoms with Gasteiger partial charge in [-0.1, -0.05) is 122 Å². The normalized spacial score (nSPS) is 12.4. The molecule has 23 nitrogen and oxygen atoms in total. The van der Waals surface area contributed by atoms with Gasteiger partial charge in [-0.2, -0.15) is 0 Å². The van der Waals surface area contributed by atoms with Crippen molar-refractivity contribution in [3.05, 3.63) is 120 Å². The lowest BCUT2D eigenvalue weighted by atomic mass is 9.90. The lowest BCUT2D eigenvalue weighted by molar-refractivity contribution is -0.129. The van der Waals surface area contributed by atoms with Gasteiger partial charge in [0.1, 0.15) is 12.1 Å². The van der Waals surface area contributed by atoms with Crippen molar-refractivity contribution in [1.82, 2.24) is 21.3 Å². The Morgan fingerprint density at radius 1 is 0.316 bits per heavy atom. The lowest BCUT2D eigenvalue weighted by Crippen LogP contribution is -2.48. The molecule has 0 unspecified atom stereocenters. The van der Waals surface area contributed by atoms with Crippen molar-refractivity contribution in [2.75, 3.05) is 178 Å². The Kier molecular flexibility index (Phi) is 34.8. The van der Waals surface area contributed by atoms with E-state index < -0.39 is 18.0 Å². The molecule has 0 saturated heterocycles. The van der Waals surface area contributed by atoms with E-state index in [2.05, 4.69) is 118 Å². The molecular formula is C75H100N6O17. The van der Waals surface area contributed by atoms with Crippen LogP contribution in [0.3, 0.4) is 0 Å². The largest absolute Gasteiger partial charge is 0.379 e. The van der Waals surface area contributed by atoms with Crippen molar-refractivity contribution < 1.29 is 80.8 Å². The van der Waals surface area contributed by atoms with Crippen LogP contribution in [-0.4, -0.2) is 220 Å². The number of rotatable bonds is 56. The Hall–Kier alpha value is -7.33. The van der Waals surface area contributed by atoms with Crippen molar-refractivity contribution in [3.8, 4) is 0 Å². The second kappa shape index (κ2) is 44.6. The second-order valence-corrected chi connectivity index (χ2v) is 23.7. The van der Waals surface area contributed by atoms with E-state index in [4.69, 9.17) is 68.3 Å². The van der Waals surface area contributed by atoms with Crippen LogP contribution in [0.15, 0.2) is 109 Å². The Morgan fingerprint density at radius 3 is 1.03 bits per heavy atom. The summed E-state index contributed by atoms with van der Waals surface area (Å²) in [5.41, 5.74) is 12.4. The summed E-state index contributed by atoms with van der Waals surface area (Å²) in [4.78, 5) is 66.2. The summed E-state index contributed by atoms with van der Waals surface area (Å²) in [7, 11) is 0. The van der Waals surface area contributed by atoms with Crippen LogP contribution in [0.2, 0.25) is 0 Å². The molecule has 8 rings (SSSR count). The van der Waals surface area contributed by atoms with E-state index >= 15 is 0 Å². The smallest absolute Gasteiger partial charge is 0.243 e. The molecule has 0 bridgehead atoms. The highest BCUT2D eigenvalue weighted by molar-refractivity contribution is 6.24. The van der Waals surface area contributed by atoms with Gasteiger partial charge in [0.25, 0.3) is 0 Å². The third-order valence-electron chi connectivity index (χ3n) is 16.5. The molecule has 0 aliphatic carbocycles. The van der Waals surface area contributed by atoms with E-state index in [1.807, 2.05) is 12.1 Å². The van der Waals surface area contributed by atoms with Gasteiger partial charge in [0.15, 0.2) is 0 Å². The van der Waals surface area contributed by atoms with Crippen LogP contribution in [0.1, 0.15) is 56.1 Å². The van der Waals surface area contributed by atoms with Gasteiger partial charge in [-0.25, -0.2) is 0 Å². The summed E-state index contributed by atoms with van der Waals surface area (Å²) in [6.45, 7) is 10.5. The number of hydrogen-bond donors (Lipinski definition) is 6. The summed E-state index contributed by atoms with van der Waals surface area (Å²) in [6, 6.07) is 36.1. The van der Waals surface area contributed by atoms with Crippen LogP contribution in [0.25, 0.3) is 64.6 Å². The van der Waals surface area contributed by atoms with Gasteiger partial charge < -0.3 is 89.6 Å². The first-order chi connectivity index (χ1) is 48.2. The second-order valence-electron chi connectivity index (χ2n) is 23.7. The number of carbonyl (C=O) groups excluding carboxylic acids is 5. The molecule has 532 valence electrons. The molecule has 2 atom stereocenters. The van der Waals surface area contributed by atoms with Crippen molar-refractivity contribution in [2.45, 2.75) is 69.9 Å². The quantitative estimate of drug-likeness (QED) is 0.0168. The maximum Gasteiger partial charge on any atom is 0.243 e. The Bertz CT molecular complexity index is 3600. The molecule has 0 aliphatic heterocycles. The summed E-state index contributed by atoms with van der Waals surface area (Å²) in [6.07, 6.45) is 3.72. The van der Waals surface area contributed by atoms with E-state index in [9.17, 15) is 24.0 Å². The van der Waals surface area contributed by atoms with E-state index in [0.29, 0.717) is 165 Å². The van der Waals surface area contributed by atoms with E-state index in [0.717, 1.165) is 77.8 Å². The number of primary amides is 1. The molecule has 0 aromatic heterocycles. The average molecular weight is 1360 g/mol. The van der Waals surface area contributed by atoms with Crippen LogP contribution in [0.4, 0.5) is 0 Å². The van der Waals surface area contributed by atoms with Gasteiger partial charge in [0, 0.05) is 51.7 Å². The summed E-state index contributed by atoms with van der Waals surface area (Å²) >= 11 is 0. The van der Waals surface area contributed by atoms with Crippen LogP contribution in [0, 0.1) is 0 Å². The van der Waals surface area contributed by atoms with Crippen molar-refractivity contribution in [3.63, 3.8) is 0 Å². The highest BCUT2D eigenvalue weighted by Gasteiger charge is 2.25. The van der Waals surface area contributed by atoms with Gasteiger partial charge in [0.2, 0.25) is 29.5 Å². The minimum absolute atomic E-state index is 0.0577. The fraction of sp³-hybridized carbons (Fsp3) is 0.507. The van der Waals surface area contributed by atoms with Crippen LogP contribution in [-0.2, 0) is 93.7 Å². The minimum atomic E-state index is -0.855. The monoisotopic (exact) mass is 1360 g/mol. The van der Waals surface area contributed by atoms with Gasteiger partial charge >= 0.3 is 0 Å². The molecule has 0 spiro atoms. The van der Waals surface area contributed by atoms with Crippen LogP contribution < -0.4 is 32.7 Å². The zero-order chi connectivity index (χ0) is 68.6. The molecule has 0 aliphatic rings. The lowest BCUT2D eigenvalue weighted by Gasteiger charge is -2.21. The van der Waals surface area contributed by atoms with E-state index in [1.54, 1.807) is 0 Å². The molecule has 0 fully saturated rings. The van der Waals surface area contributed by atoms with Crippen molar-refractivity contribution >= 4 is 94.2 Å². The first-order valence-corrected chi connectivity index (χ1v) is 34.5. The van der Waals surface area contributed by atoms with E-state index in [1.165, 1.54) is 10.8 Å². The van der Waals surface area contributed by atoms with Gasteiger partial charge in [-0.05, 0) is 88.6 Å². The number of ether oxygens (including phenoxy) is 12. The highest BCUT2D eigenvalue weighted by Crippen LogP contribution is 2.38. The van der Waals surface area contributed by atoms with Gasteiger partial charge in [-0.15, -0.1) is 0 Å². The van der Waals surface area contributed by atoms with Gasteiger partial charge in [0.05, 0.1) is 159 Å². The molecule has 98 heavy (non-hydrogen) atoms. The number of benzene rings is 8. The Balaban J connectivity index is 0.746. The number of nitrogens with one attached hydrogen (secondary N) is 4. The molecular weight excluding hydrogens is 1260 g/mol. The third kappa shape index (κ3) is 26.1. The minimum Gasteiger partial charge on any atom is -0.379 e. The fourth-order valence-electron chi connectivity index (χ4n) is 11.6. The summed E-state index contributed by atoms with van der Waals surface area (Å²) < 4.78 is 66.3. The van der Waals surface area contributed by atoms with Gasteiger partial charge in [-0.3, -0.25) is 24.0 Å². The maximum absolute atomic E-state index is 14.1. The first-order valence-electron chi connectivity index (χ1n) is 34.5. The standard InChI is InChI=1S/C75H100N6O17/c76-26-31-89-35-39-93-43-47-97-51-49-96-46-42-92-38-34-88-30-25-69(84)81-65(53-61-18-16-59-14-12-55-7-5-9-57-20-22-63(61)72(59)70(55)57)74(85)78-27-4-2-1-3-11-68(83)80-66(54-62-19-17-60-15-13-56-8-6-10-58-21-23-64(62)73(60)71(56)58)75(86)79-28-32-90-36-40-94-44-48-98-52-50-95-45-41-91-37-33-87-29-24-67(77)82/h5-10,12-23,65-66H,1-4,11,24-54,76H2,(H2,77,82)(H,78,85)(H,79,86)(H,80,83)(H,81,84)/t65-,66-/m0/s1. The van der Waals surface area contributed by atoms with Crippen molar-refractivity contribution in [2.24, 2.45) is 11.5 Å². The SMILES string of the molecule is NCCOCCOCCOCCOCCOCCOCCC(=O)N[C@@H](Cc1ccc2ccc3cccc4ccc1c2c34)C(=O)NCCCCCCC(=O)N[C@@H](Cc1ccc2ccc3cccc4ccc1c2c34)C(=O)NCCOCCOCCOCCOCCOCCOCCC(N)=O. The highest BCUT2D eigenvalue weighted by atomic mass is 16.6. The Labute approximate surface area is 573 Å². The fourth-order valence-corrected chi connectivity index (χ4v) is 11.6. The predicted molar refractivity (Wildman–Crippen MR) is 378 cm³/mol. The number of nitrogens with two attached hydrogens (primary N) is 2.